The van der Waals surface area contributed by atoms with E-state index in [2.05, 4.69) is 9.72 Å². The highest BCUT2D eigenvalue weighted by molar-refractivity contribution is 6.30. The molecule has 1 heterocycles. The zero-order valence-corrected chi connectivity index (χ0v) is 7.28. The summed E-state index contributed by atoms with van der Waals surface area (Å²) >= 11 is 5.61. The van der Waals surface area contributed by atoms with E-state index in [1.54, 1.807) is 12.1 Å². The molecule has 0 aliphatic rings. The van der Waals surface area contributed by atoms with Crippen LogP contribution in [0.5, 0.6) is 0 Å². The highest BCUT2D eigenvalue weighted by atomic mass is 35.5. The van der Waals surface area contributed by atoms with Gasteiger partial charge in [0.15, 0.2) is 6.61 Å². The van der Waals surface area contributed by atoms with E-state index in [1.807, 2.05) is 0 Å². The molecule has 4 nitrogen and oxygen atoms in total. The van der Waals surface area contributed by atoms with Crippen LogP contribution >= 0.6 is 11.6 Å². The van der Waals surface area contributed by atoms with Crippen LogP contribution in [0.15, 0.2) is 18.3 Å². The number of hydrogen-bond acceptors (Lipinski definition) is 4. The van der Waals surface area contributed by atoms with Crippen molar-refractivity contribution in [3.05, 3.63) is 29.0 Å². The van der Waals surface area contributed by atoms with Gasteiger partial charge < -0.3 is 4.74 Å². The lowest BCUT2D eigenvalue weighted by Gasteiger charge is -1.98. The summed E-state index contributed by atoms with van der Waals surface area (Å²) in [5.74, 6) is -0.649. The number of pyridine rings is 1. The largest absolute Gasteiger partial charge is 0.446 e. The lowest BCUT2D eigenvalue weighted by Crippen LogP contribution is -2.07. The van der Waals surface area contributed by atoms with Gasteiger partial charge in [-0.05, 0) is 12.1 Å². The van der Waals surface area contributed by atoms with Crippen molar-refractivity contribution in [1.29, 1.82) is 5.26 Å². The van der Waals surface area contributed by atoms with Crippen molar-refractivity contribution in [3.8, 4) is 6.07 Å². The Bertz CT molecular complexity index is 359. The number of esters is 1. The Morgan fingerprint density at radius 3 is 3.15 bits per heavy atom. The fourth-order valence-corrected chi connectivity index (χ4v) is 0.848. The van der Waals surface area contributed by atoms with Crippen molar-refractivity contribution < 1.29 is 9.53 Å². The van der Waals surface area contributed by atoms with Crippen molar-refractivity contribution in [2.75, 3.05) is 6.61 Å². The molecule has 1 aromatic heterocycles. The van der Waals surface area contributed by atoms with Crippen LogP contribution in [-0.4, -0.2) is 17.6 Å². The van der Waals surface area contributed by atoms with Crippen molar-refractivity contribution in [3.63, 3.8) is 0 Å². The van der Waals surface area contributed by atoms with Crippen LogP contribution in [0.2, 0.25) is 5.02 Å². The lowest BCUT2D eigenvalue weighted by atomic mass is 10.3. The molecule has 0 spiro atoms. The van der Waals surface area contributed by atoms with E-state index < -0.39 is 5.97 Å². The molecule has 66 valence electrons. The summed E-state index contributed by atoms with van der Waals surface area (Å²) in [6.07, 6.45) is 1.39. The van der Waals surface area contributed by atoms with Crippen LogP contribution in [0.25, 0.3) is 0 Å². The van der Waals surface area contributed by atoms with Gasteiger partial charge in [0.25, 0.3) is 0 Å². The Balaban J connectivity index is 2.72. The summed E-state index contributed by atoms with van der Waals surface area (Å²) in [5.41, 5.74) is 0.0998. The topological polar surface area (TPSA) is 63.0 Å². The molecule has 0 bridgehead atoms. The summed E-state index contributed by atoms with van der Waals surface area (Å²) in [6, 6.07) is 4.60. The summed E-state index contributed by atoms with van der Waals surface area (Å²) in [7, 11) is 0. The lowest BCUT2D eigenvalue weighted by molar-refractivity contribution is 0.0548. The van der Waals surface area contributed by atoms with Crippen LogP contribution in [-0.2, 0) is 4.74 Å². The summed E-state index contributed by atoms with van der Waals surface area (Å²) in [5, 5.41) is 8.54. The monoisotopic (exact) mass is 196 g/mol. The highest BCUT2D eigenvalue weighted by Gasteiger charge is 2.07. The number of nitrogens with zero attached hydrogens (tertiary/aromatic N) is 2. The molecule has 13 heavy (non-hydrogen) atoms. The maximum Gasteiger partial charge on any atom is 0.358 e. The van der Waals surface area contributed by atoms with E-state index in [0.717, 1.165) is 0 Å². The fraction of sp³-hybridized carbons (Fsp3) is 0.125. The van der Waals surface area contributed by atoms with Crippen LogP contribution < -0.4 is 0 Å². The first kappa shape index (κ1) is 9.49. The average molecular weight is 197 g/mol. The zero-order chi connectivity index (χ0) is 9.68. The molecule has 0 atom stereocenters. The first-order chi connectivity index (χ1) is 6.24. The van der Waals surface area contributed by atoms with Crippen LogP contribution in [0.4, 0.5) is 0 Å². The molecule has 0 radical (unpaired) electrons. The van der Waals surface area contributed by atoms with Crippen LogP contribution in [0.1, 0.15) is 10.5 Å². The third-order valence-electron chi connectivity index (χ3n) is 1.20. The molecule has 0 saturated heterocycles. The molecule has 0 fully saturated rings. The molecule has 0 N–H and O–H groups in total. The number of carbonyl (C=O) groups is 1. The molecule has 0 aromatic carbocycles. The number of rotatable bonds is 2. The van der Waals surface area contributed by atoms with E-state index in [1.165, 1.54) is 12.3 Å². The second-order valence-corrected chi connectivity index (χ2v) is 2.53. The van der Waals surface area contributed by atoms with Crippen molar-refractivity contribution in [2.45, 2.75) is 0 Å². The number of aromatic nitrogens is 1. The molecule has 0 aliphatic heterocycles. The molecule has 0 aliphatic carbocycles. The van der Waals surface area contributed by atoms with E-state index in [-0.39, 0.29) is 12.3 Å². The standard InChI is InChI=1S/C8H5ClN2O2/c9-6-1-3-11-7(5-6)8(12)13-4-2-10/h1,3,5H,4H2. The number of ether oxygens (including phenoxy) is 1. The quantitative estimate of drug-likeness (QED) is 0.671. The predicted molar refractivity (Wildman–Crippen MR) is 45.1 cm³/mol. The molecule has 1 rings (SSSR count). The Hall–Kier alpha value is -1.60. The van der Waals surface area contributed by atoms with Gasteiger partial charge in [-0.25, -0.2) is 9.78 Å². The van der Waals surface area contributed by atoms with Gasteiger partial charge in [0.1, 0.15) is 11.8 Å². The molecule has 1 aromatic rings. The van der Waals surface area contributed by atoms with Crippen LogP contribution in [0, 0.1) is 11.3 Å². The van der Waals surface area contributed by atoms with Gasteiger partial charge in [0.05, 0.1) is 0 Å². The molecule has 0 amide bonds. The maximum absolute atomic E-state index is 11.1. The zero-order valence-electron chi connectivity index (χ0n) is 6.53. The molecule has 5 heteroatoms. The summed E-state index contributed by atoms with van der Waals surface area (Å²) in [4.78, 5) is 14.8. The van der Waals surface area contributed by atoms with Gasteiger partial charge in [0.2, 0.25) is 0 Å². The number of hydrogen-bond donors (Lipinski definition) is 0. The predicted octanol–water partition coefficient (Wildman–Crippen LogP) is 1.42. The Morgan fingerprint density at radius 2 is 2.54 bits per heavy atom. The summed E-state index contributed by atoms with van der Waals surface area (Å²) in [6.45, 7) is -0.285. The first-order valence-electron chi connectivity index (χ1n) is 3.39. The second-order valence-electron chi connectivity index (χ2n) is 2.09. The minimum atomic E-state index is -0.649. The minimum absolute atomic E-state index is 0.0998. The molecular weight excluding hydrogens is 192 g/mol. The number of nitriles is 1. The Kier molecular flexibility index (Phi) is 3.23. The Labute approximate surface area is 79.7 Å². The number of carbonyl (C=O) groups excluding carboxylic acids is 1. The van der Waals surface area contributed by atoms with Gasteiger partial charge in [0, 0.05) is 11.2 Å². The van der Waals surface area contributed by atoms with Crippen molar-refractivity contribution in [2.24, 2.45) is 0 Å². The van der Waals surface area contributed by atoms with E-state index >= 15 is 0 Å². The van der Waals surface area contributed by atoms with Gasteiger partial charge in [-0.3, -0.25) is 0 Å². The molecule has 0 saturated carbocycles. The fourth-order valence-electron chi connectivity index (χ4n) is 0.688. The first-order valence-corrected chi connectivity index (χ1v) is 3.77. The minimum Gasteiger partial charge on any atom is -0.446 e. The molecule has 0 unspecified atom stereocenters. The van der Waals surface area contributed by atoms with Crippen molar-refractivity contribution >= 4 is 17.6 Å². The third kappa shape index (κ3) is 2.73. The smallest absolute Gasteiger partial charge is 0.358 e. The number of halogens is 1. The average Bonchev–Trinajstić information content (AvgIpc) is 2.14. The van der Waals surface area contributed by atoms with Gasteiger partial charge in [-0.2, -0.15) is 5.26 Å². The van der Waals surface area contributed by atoms with Crippen molar-refractivity contribution in [1.82, 2.24) is 4.98 Å². The van der Waals surface area contributed by atoms with Gasteiger partial charge in [-0.1, -0.05) is 11.6 Å². The normalized spacial score (nSPS) is 8.92. The van der Waals surface area contributed by atoms with Gasteiger partial charge in [-0.15, -0.1) is 0 Å². The Morgan fingerprint density at radius 1 is 1.77 bits per heavy atom. The SMILES string of the molecule is N#CCOC(=O)c1cc(Cl)ccn1. The van der Waals surface area contributed by atoms with E-state index in [4.69, 9.17) is 16.9 Å². The third-order valence-corrected chi connectivity index (χ3v) is 1.43. The van der Waals surface area contributed by atoms with E-state index in [0.29, 0.717) is 5.02 Å². The van der Waals surface area contributed by atoms with Crippen LogP contribution in [0.3, 0.4) is 0 Å². The van der Waals surface area contributed by atoms with E-state index in [9.17, 15) is 4.79 Å². The maximum atomic E-state index is 11.1. The summed E-state index contributed by atoms with van der Waals surface area (Å²) < 4.78 is 4.51. The second kappa shape index (κ2) is 4.43. The van der Waals surface area contributed by atoms with Gasteiger partial charge >= 0.3 is 5.97 Å². The highest BCUT2D eigenvalue weighted by Crippen LogP contribution is 2.08. The molecular formula is C8H5ClN2O2.